The smallest absolute Gasteiger partial charge is 0.273 e. The molecule has 46 heavy (non-hydrogen) atoms. The first-order chi connectivity index (χ1) is 22.2. The van der Waals surface area contributed by atoms with E-state index in [0.717, 1.165) is 70.6 Å². The third-order valence-corrected chi connectivity index (χ3v) is 8.15. The molecule has 0 aliphatic rings. The van der Waals surface area contributed by atoms with E-state index in [1.54, 1.807) is 24.3 Å². The molecule has 0 aliphatic heterocycles. The molecule has 1 unspecified atom stereocenters. The minimum Gasteiger partial charge on any atom is -0.507 e. The van der Waals surface area contributed by atoms with E-state index in [0.29, 0.717) is 36.8 Å². The van der Waals surface area contributed by atoms with Crippen LogP contribution >= 0.6 is 0 Å². The lowest BCUT2D eigenvalue weighted by Gasteiger charge is -2.18. The summed E-state index contributed by atoms with van der Waals surface area (Å²) in [5, 5.41) is 21.3. The largest absolute Gasteiger partial charge is 0.507 e. The molecule has 0 spiro atoms. The number of para-hydroxylation sites is 2. The highest BCUT2D eigenvalue weighted by Crippen LogP contribution is 2.25. The third kappa shape index (κ3) is 13.1. The topological polar surface area (TPSA) is 157 Å². The normalized spacial score (nSPS) is 11.5. The average Bonchev–Trinajstić information content (AvgIpc) is 3.05. The molecule has 10 heteroatoms. The number of phenols is 2. The summed E-state index contributed by atoms with van der Waals surface area (Å²) in [6.45, 7) is 6.32. The van der Waals surface area contributed by atoms with Gasteiger partial charge in [0.15, 0.2) is 0 Å². The SMILES string of the molecule is CCCCCCCCC(CC(=O)NNC(=O)c1cccc(CCCCC)c1O)C(=O)NNC(=O)c1cccc(CCCCC)c1O. The fourth-order valence-corrected chi connectivity index (χ4v) is 5.34. The van der Waals surface area contributed by atoms with Crippen LogP contribution in [0.3, 0.4) is 0 Å². The summed E-state index contributed by atoms with van der Waals surface area (Å²) in [4.78, 5) is 51.7. The van der Waals surface area contributed by atoms with Gasteiger partial charge in [-0.3, -0.25) is 40.9 Å². The Hall–Kier alpha value is -4.08. The van der Waals surface area contributed by atoms with Crippen LogP contribution in [0.1, 0.15) is 143 Å². The highest BCUT2D eigenvalue weighted by molar-refractivity contribution is 5.99. The Morgan fingerprint density at radius 2 is 1.04 bits per heavy atom. The number of carbonyl (C=O) groups excluding carboxylic acids is 4. The minimum absolute atomic E-state index is 0.0519. The molecule has 0 saturated carbocycles. The van der Waals surface area contributed by atoms with Crippen LogP contribution in [0.15, 0.2) is 36.4 Å². The molecule has 4 amide bonds. The number of carbonyl (C=O) groups is 4. The fraction of sp³-hybridized carbons (Fsp3) is 0.556. The van der Waals surface area contributed by atoms with Crippen LogP contribution in [-0.2, 0) is 22.4 Å². The molecule has 6 N–H and O–H groups in total. The van der Waals surface area contributed by atoms with Crippen molar-refractivity contribution in [3.63, 3.8) is 0 Å². The number of aromatic hydroxyl groups is 2. The van der Waals surface area contributed by atoms with Gasteiger partial charge in [0.05, 0.1) is 11.1 Å². The zero-order chi connectivity index (χ0) is 33.7. The Kier molecular flexibility index (Phi) is 17.9. The van der Waals surface area contributed by atoms with Crippen molar-refractivity contribution in [3.8, 4) is 11.5 Å². The Labute approximate surface area is 274 Å². The van der Waals surface area contributed by atoms with Crippen molar-refractivity contribution in [2.24, 2.45) is 5.92 Å². The summed E-state index contributed by atoms with van der Waals surface area (Å²) in [5.74, 6) is -3.44. The summed E-state index contributed by atoms with van der Waals surface area (Å²) < 4.78 is 0. The predicted molar refractivity (Wildman–Crippen MR) is 180 cm³/mol. The summed E-state index contributed by atoms with van der Waals surface area (Å²) in [6, 6.07) is 9.91. The molecule has 0 heterocycles. The number of amides is 4. The molecule has 0 fully saturated rings. The van der Waals surface area contributed by atoms with E-state index in [2.05, 4.69) is 42.5 Å². The van der Waals surface area contributed by atoms with Gasteiger partial charge < -0.3 is 10.2 Å². The van der Waals surface area contributed by atoms with Gasteiger partial charge in [0.1, 0.15) is 11.5 Å². The Balaban J connectivity index is 2.00. The molecule has 0 bridgehead atoms. The second kappa shape index (κ2) is 21.6. The number of unbranched alkanes of at least 4 members (excludes halogenated alkanes) is 9. The van der Waals surface area contributed by atoms with Gasteiger partial charge >= 0.3 is 0 Å². The number of rotatable bonds is 20. The van der Waals surface area contributed by atoms with Crippen molar-refractivity contribution in [3.05, 3.63) is 58.7 Å². The van der Waals surface area contributed by atoms with E-state index in [1.807, 2.05) is 0 Å². The molecule has 1 atom stereocenters. The van der Waals surface area contributed by atoms with Crippen LogP contribution in [0.2, 0.25) is 0 Å². The van der Waals surface area contributed by atoms with Crippen molar-refractivity contribution in [2.75, 3.05) is 0 Å². The fourth-order valence-electron chi connectivity index (χ4n) is 5.34. The first kappa shape index (κ1) is 38.1. The molecule has 2 aromatic carbocycles. The van der Waals surface area contributed by atoms with Gasteiger partial charge in [0, 0.05) is 12.3 Å². The van der Waals surface area contributed by atoms with E-state index in [4.69, 9.17) is 0 Å². The van der Waals surface area contributed by atoms with Crippen LogP contribution in [0.4, 0.5) is 0 Å². The van der Waals surface area contributed by atoms with Crippen molar-refractivity contribution in [1.29, 1.82) is 0 Å². The van der Waals surface area contributed by atoms with Crippen molar-refractivity contribution >= 4 is 23.6 Å². The molecule has 0 radical (unpaired) electrons. The van der Waals surface area contributed by atoms with Crippen molar-refractivity contribution in [2.45, 2.75) is 124 Å². The maximum absolute atomic E-state index is 13.2. The molecule has 0 aromatic heterocycles. The number of aryl methyl sites for hydroxylation is 2. The summed E-state index contributed by atoms with van der Waals surface area (Å²) in [5.41, 5.74) is 10.9. The number of hydrazine groups is 2. The molecule has 254 valence electrons. The number of hydrogen-bond donors (Lipinski definition) is 6. The zero-order valence-electron chi connectivity index (χ0n) is 27.9. The highest BCUT2D eigenvalue weighted by Gasteiger charge is 2.24. The maximum Gasteiger partial charge on any atom is 0.273 e. The molecular formula is C36H54N4O6. The van der Waals surface area contributed by atoms with E-state index in [9.17, 15) is 29.4 Å². The highest BCUT2D eigenvalue weighted by atomic mass is 16.3. The second-order valence-electron chi connectivity index (χ2n) is 11.9. The Morgan fingerprint density at radius 3 is 1.57 bits per heavy atom. The first-order valence-corrected chi connectivity index (χ1v) is 17.0. The lowest BCUT2D eigenvalue weighted by Crippen LogP contribution is -2.47. The van der Waals surface area contributed by atoms with Gasteiger partial charge in [0.2, 0.25) is 11.8 Å². The predicted octanol–water partition coefficient (Wildman–Crippen LogP) is 6.54. The van der Waals surface area contributed by atoms with E-state index < -0.39 is 29.5 Å². The number of benzene rings is 2. The minimum atomic E-state index is -0.771. The van der Waals surface area contributed by atoms with E-state index in [1.165, 1.54) is 12.1 Å². The molecule has 2 rings (SSSR count). The molecule has 2 aromatic rings. The third-order valence-electron chi connectivity index (χ3n) is 8.15. The van der Waals surface area contributed by atoms with Crippen molar-refractivity contribution < 1.29 is 29.4 Å². The first-order valence-electron chi connectivity index (χ1n) is 17.0. The standard InChI is InChI=1S/C36H54N4O6/c1-4-7-10-11-12-15-20-28(34(44)38-40-36(46)30-24-17-22-27(33(30)43)19-14-9-6-3)25-31(41)37-39-35(45)29-23-16-21-26(32(29)42)18-13-8-5-2/h16-17,21-24,28,42-43H,4-15,18-20,25H2,1-3H3,(H,37,41)(H,38,44)(H,39,45)(H,40,46). The van der Waals surface area contributed by atoms with Crippen LogP contribution in [-0.4, -0.2) is 33.8 Å². The van der Waals surface area contributed by atoms with Crippen LogP contribution < -0.4 is 21.7 Å². The maximum atomic E-state index is 13.2. The van der Waals surface area contributed by atoms with E-state index >= 15 is 0 Å². The zero-order valence-corrected chi connectivity index (χ0v) is 27.9. The monoisotopic (exact) mass is 638 g/mol. The molecule has 0 saturated heterocycles. The van der Waals surface area contributed by atoms with Gasteiger partial charge in [-0.25, -0.2) is 0 Å². The molecule has 10 nitrogen and oxygen atoms in total. The summed E-state index contributed by atoms with van der Waals surface area (Å²) in [7, 11) is 0. The molecule has 0 aliphatic carbocycles. The van der Waals surface area contributed by atoms with Crippen molar-refractivity contribution in [1.82, 2.24) is 21.7 Å². The van der Waals surface area contributed by atoms with E-state index in [-0.39, 0.29) is 29.0 Å². The lowest BCUT2D eigenvalue weighted by atomic mass is 9.96. The number of hydrogen-bond acceptors (Lipinski definition) is 6. The van der Waals surface area contributed by atoms with Gasteiger partial charge in [-0.1, -0.05) is 109 Å². The summed E-state index contributed by atoms with van der Waals surface area (Å²) in [6.07, 6.45) is 13.4. The Bertz CT molecular complexity index is 1270. The van der Waals surface area contributed by atoms with Crippen LogP contribution in [0, 0.1) is 5.92 Å². The average molecular weight is 639 g/mol. The van der Waals surface area contributed by atoms with Crippen LogP contribution in [0.25, 0.3) is 0 Å². The van der Waals surface area contributed by atoms with Gasteiger partial charge in [0.25, 0.3) is 11.8 Å². The lowest BCUT2D eigenvalue weighted by molar-refractivity contribution is -0.131. The quantitative estimate of drug-likeness (QED) is 0.0714. The Morgan fingerprint density at radius 1 is 0.587 bits per heavy atom. The van der Waals surface area contributed by atoms with Crippen LogP contribution in [0.5, 0.6) is 11.5 Å². The van der Waals surface area contributed by atoms with Gasteiger partial charge in [-0.2, -0.15) is 0 Å². The summed E-state index contributed by atoms with van der Waals surface area (Å²) >= 11 is 0. The number of nitrogens with one attached hydrogen (secondary N) is 4. The number of phenolic OH excluding ortho intramolecular Hbond substituents is 2. The molecular weight excluding hydrogens is 584 g/mol. The van der Waals surface area contributed by atoms with Gasteiger partial charge in [-0.15, -0.1) is 0 Å². The van der Waals surface area contributed by atoms with Gasteiger partial charge in [-0.05, 0) is 55.4 Å². The second-order valence-corrected chi connectivity index (χ2v) is 11.9.